The normalized spacial score (nSPS) is 27.2. The van der Waals surface area contributed by atoms with E-state index in [4.69, 9.17) is 0 Å². The fourth-order valence-corrected chi connectivity index (χ4v) is 3.65. The van der Waals surface area contributed by atoms with Crippen LogP contribution < -0.4 is 10.9 Å². The maximum atomic E-state index is 12.8. The molecule has 0 aromatic heterocycles. The molecular weight excluding hydrogens is 316 g/mol. The van der Waals surface area contributed by atoms with Crippen molar-refractivity contribution in [3.63, 3.8) is 0 Å². The molecule has 1 aromatic carbocycles. The van der Waals surface area contributed by atoms with Crippen LogP contribution in [0.2, 0.25) is 0 Å². The minimum Gasteiger partial charge on any atom is -0.380 e. The van der Waals surface area contributed by atoms with Crippen molar-refractivity contribution in [2.45, 2.75) is 50.9 Å². The van der Waals surface area contributed by atoms with Crippen molar-refractivity contribution in [1.29, 1.82) is 0 Å². The predicted octanol–water partition coefficient (Wildman–Crippen LogP) is 0.727. The predicted molar refractivity (Wildman–Crippen MR) is 97.7 cm³/mol. The monoisotopic (exact) mass is 346 g/mol. The number of carbonyl (C=O) groups excluding carboxylic acids is 1. The highest BCUT2D eigenvalue weighted by molar-refractivity contribution is 5.84. The second-order valence-electron chi connectivity index (χ2n) is 7.53. The van der Waals surface area contributed by atoms with Gasteiger partial charge in [-0.2, -0.15) is 0 Å². The number of benzene rings is 1. The van der Waals surface area contributed by atoms with E-state index in [1.807, 2.05) is 35.2 Å². The Balaban J connectivity index is 1.49. The highest BCUT2D eigenvalue weighted by Gasteiger charge is 2.37. The minimum atomic E-state index is -1.31. The lowest BCUT2D eigenvalue weighted by Gasteiger charge is -2.40. The SMILES string of the molecule is CC1CC(N2CCN(C(=O)C(C)(O)CCc3ccccc3)CC2)NN1. The summed E-state index contributed by atoms with van der Waals surface area (Å²) >= 11 is 0. The maximum Gasteiger partial charge on any atom is 0.254 e. The minimum absolute atomic E-state index is 0.144. The molecule has 6 nitrogen and oxygen atoms in total. The molecule has 2 fully saturated rings. The fraction of sp³-hybridized carbons (Fsp3) is 0.632. The Bertz CT molecular complexity index is 570. The van der Waals surface area contributed by atoms with Crippen molar-refractivity contribution in [2.75, 3.05) is 26.2 Å². The van der Waals surface area contributed by atoms with Crippen LogP contribution in [0, 0.1) is 0 Å². The molecule has 2 saturated heterocycles. The molecule has 3 atom stereocenters. The van der Waals surface area contributed by atoms with Crippen molar-refractivity contribution < 1.29 is 9.90 Å². The summed E-state index contributed by atoms with van der Waals surface area (Å²) in [4.78, 5) is 16.9. The summed E-state index contributed by atoms with van der Waals surface area (Å²) in [6, 6.07) is 10.5. The zero-order valence-corrected chi connectivity index (χ0v) is 15.2. The van der Waals surface area contributed by atoms with Gasteiger partial charge in [0, 0.05) is 32.2 Å². The van der Waals surface area contributed by atoms with Crippen LogP contribution in [0.5, 0.6) is 0 Å². The van der Waals surface area contributed by atoms with Crippen molar-refractivity contribution in [3.05, 3.63) is 35.9 Å². The number of rotatable bonds is 5. The lowest BCUT2D eigenvalue weighted by atomic mass is 9.95. The van der Waals surface area contributed by atoms with Gasteiger partial charge in [0.1, 0.15) is 5.60 Å². The molecule has 25 heavy (non-hydrogen) atoms. The Kier molecular flexibility index (Phi) is 5.74. The summed E-state index contributed by atoms with van der Waals surface area (Å²) in [5.41, 5.74) is 6.40. The van der Waals surface area contributed by atoms with Gasteiger partial charge < -0.3 is 10.0 Å². The van der Waals surface area contributed by atoms with Gasteiger partial charge in [0.25, 0.3) is 5.91 Å². The first kappa shape index (κ1) is 18.3. The summed E-state index contributed by atoms with van der Waals surface area (Å²) in [7, 11) is 0. The first-order valence-electron chi connectivity index (χ1n) is 9.26. The third kappa shape index (κ3) is 4.58. The third-order valence-corrected chi connectivity index (χ3v) is 5.32. The summed E-state index contributed by atoms with van der Waals surface area (Å²) in [5, 5.41) is 10.7. The van der Waals surface area contributed by atoms with Crippen LogP contribution >= 0.6 is 0 Å². The fourth-order valence-electron chi connectivity index (χ4n) is 3.65. The van der Waals surface area contributed by atoms with E-state index in [1.54, 1.807) is 6.92 Å². The van der Waals surface area contributed by atoms with Crippen molar-refractivity contribution in [1.82, 2.24) is 20.7 Å². The number of aliphatic hydroxyl groups is 1. The molecule has 2 aliphatic heterocycles. The number of hydrogen-bond acceptors (Lipinski definition) is 5. The van der Waals surface area contributed by atoms with Crippen LogP contribution in [0.3, 0.4) is 0 Å². The Hall–Kier alpha value is -1.47. The topological polar surface area (TPSA) is 67.8 Å². The summed E-state index contributed by atoms with van der Waals surface area (Å²) < 4.78 is 0. The first-order chi connectivity index (χ1) is 12.0. The van der Waals surface area contributed by atoms with E-state index < -0.39 is 5.60 Å². The van der Waals surface area contributed by atoms with Gasteiger partial charge in [-0.15, -0.1) is 0 Å². The molecule has 0 aliphatic carbocycles. The Morgan fingerprint density at radius 2 is 1.88 bits per heavy atom. The second kappa shape index (κ2) is 7.83. The zero-order valence-electron chi connectivity index (χ0n) is 15.2. The van der Waals surface area contributed by atoms with E-state index in [2.05, 4.69) is 22.7 Å². The van der Waals surface area contributed by atoms with Gasteiger partial charge in [0.15, 0.2) is 0 Å². The Labute approximate surface area is 150 Å². The largest absolute Gasteiger partial charge is 0.380 e. The van der Waals surface area contributed by atoms with E-state index in [0.29, 0.717) is 38.1 Å². The van der Waals surface area contributed by atoms with Gasteiger partial charge in [0.2, 0.25) is 0 Å². The quantitative estimate of drug-likeness (QED) is 0.733. The number of hydrogen-bond donors (Lipinski definition) is 3. The molecule has 3 unspecified atom stereocenters. The average molecular weight is 346 g/mol. The third-order valence-electron chi connectivity index (χ3n) is 5.32. The molecule has 138 valence electrons. The second-order valence-corrected chi connectivity index (χ2v) is 7.53. The van der Waals surface area contributed by atoms with Gasteiger partial charge in [-0.3, -0.25) is 15.1 Å². The van der Waals surface area contributed by atoms with Gasteiger partial charge >= 0.3 is 0 Å². The highest BCUT2D eigenvalue weighted by Crippen LogP contribution is 2.20. The Morgan fingerprint density at radius 1 is 1.20 bits per heavy atom. The van der Waals surface area contributed by atoms with Crippen molar-refractivity contribution in [3.8, 4) is 0 Å². The summed E-state index contributed by atoms with van der Waals surface area (Å²) in [6.07, 6.45) is 2.56. The number of nitrogens with zero attached hydrogens (tertiary/aromatic N) is 2. The number of amides is 1. The van der Waals surface area contributed by atoms with Gasteiger partial charge in [0.05, 0.1) is 6.17 Å². The van der Waals surface area contributed by atoms with E-state index in [9.17, 15) is 9.90 Å². The molecule has 3 N–H and O–H groups in total. The molecule has 6 heteroatoms. The van der Waals surface area contributed by atoms with Gasteiger partial charge in [-0.1, -0.05) is 30.3 Å². The van der Waals surface area contributed by atoms with Crippen molar-refractivity contribution >= 4 is 5.91 Å². The molecule has 0 bridgehead atoms. The van der Waals surface area contributed by atoms with Crippen molar-refractivity contribution in [2.24, 2.45) is 0 Å². The van der Waals surface area contributed by atoms with Crippen LogP contribution in [0.25, 0.3) is 0 Å². The molecule has 1 aromatic rings. The molecule has 2 heterocycles. The smallest absolute Gasteiger partial charge is 0.254 e. The number of aryl methyl sites for hydroxylation is 1. The van der Waals surface area contributed by atoms with Gasteiger partial charge in [-0.25, -0.2) is 5.43 Å². The number of hydrazine groups is 1. The van der Waals surface area contributed by atoms with E-state index >= 15 is 0 Å². The van der Waals surface area contributed by atoms with Crippen LogP contribution in [-0.4, -0.2) is 64.8 Å². The average Bonchev–Trinajstić information content (AvgIpc) is 3.07. The molecule has 1 amide bonds. The van der Waals surface area contributed by atoms with E-state index in [0.717, 1.165) is 25.1 Å². The number of nitrogens with one attached hydrogen (secondary N) is 2. The molecule has 0 saturated carbocycles. The number of piperazine rings is 1. The highest BCUT2D eigenvalue weighted by atomic mass is 16.3. The molecule has 0 spiro atoms. The van der Waals surface area contributed by atoms with E-state index in [1.165, 1.54) is 0 Å². The summed E-state index contributed by atoms with van der Waals surface area (Å²) in [5.74, 6) is -0.144. The standard InChI is InChI=1S/C19H30N4O2/c1-15-14-17(21-20-15)22-10-12-23(13-11-22)18(24)19(2,25)9-8-16-6-4-3-5-7-16/h3-7,15,17,20-21,25H,8-14H2,1-2H3. The first-order valence-corrected chi connectivity index (χ1v) is 9.26. The van der Waals surface area contributed by atoms with Crippen LogP contribution in [0.15, 0.2) is 30.3 Å². The molecule has 2 aliphatic rings. The molecule has 0 radical (unpaired) electrons. The van der Waals surface area contributed by atoms with Gasteiger partial charge in [-0.05, 0) is 38.7 Å². The summed E-state index contributed by atoms with van der Waals surface area (Å²) in [6.45, 7) is 6.84. The Morgan fingerprint density at radius 3 is 2.48 bits per heavy atom. The lowest BCUT2D eigenvalue weighted by Crippen LogP contribution is -2.58. The van der Waals surface area contributed by atoms with Crippen LogP contribution in [-0.2, 0) is 11.2 Å². The number of carbonyl (C=O) groups is 1. The molecular formula is C19H30N4O2. The van der Waals surface area contributed by atoms with Crippen LogP contribution in [0.1, 0.15) is 32.3 Å². The zero-order chi connectivity index (χ0) is 17.9. The van der Waals surface area contributed by atoms with Crippen LogP contribution in [0.4, 0.5) is 0 Å². The van der Waals surface area contributed by atoms with E-state index in [-0.39, 0.29) is 5.91 Å². The molecule has 3 rings (SSSR count). The lowest BCUT2D eigenvalue weighted by molar-refractivity contribution is -0.152. The maximum absolute atomic E-state index is 12.8.